The number of likely N-dealkylation sites (tertiary alicyclic amines) is 1. The van der Waals surface area contributed by atoms with E-state index in [1.165, 1.54) is 11.8 Å². The lowest BCUT2D eigenvalue weighted by Crippen LogP contribution is -2.41. The lowest BCUT2D eigenvalue weighted by molar-refractivity contribution is 0.370. The fourth-order valence-corrected chi connectivity index (χ4v) is 3.08. The van der Waals surface area contributed by atoms with E-state index in [4.69, 9.17) is 4.42 Å². The zero-order chi connectivity index (χ0) is 15.6. The maximum Gasteiger partial charge on any atom is 0.193 e. The van der Waals surface area contributed by atoms with Crippen molar-refractivity contribution in [1.29, 1.82) is 0 Å². The Morgan fingerprint density at radius 1 is 1.36 bits per heavy atom. The number of fused-ring (bicyclic) bond motifs is 1. The van der Waals surface area contributed by atoms with Crippen molar-refractivity contribution < 1.29 is 4.42 Å². The van der Waals surface area contributed by atoms with Gasteiger partial charge in [0.2, 0.25) is 0 Å². The van der Waals surface area contributed by atoms with Crippen LogP contribution >= 0.6 is 0 Å². The normalized spacial score (nSPS) is 18.1. The van der Waals surface area contributed by atoms with Gasteiger partial charge < -0.3 is 14.6 Å². The molecule has 1 aromatic heterocycles. The van der Waals surface area contributed by atoms with Crippen LogP contribution in [-0.4, -0.2) is 37.5 Å². The Morgan fingerprint density at radius 3 is 2.86 bits per heavy atom. The molecule has 3 rings (SSSR count). The minimum atomic E-state index is 0.385. The van der Waals surface area contributed by atoms with E-state index in [1.54, 1.807) is 0 Å². The highest BCUT2D eigenvalue weighted by molar-refractivity contribution is 5.80. The van der Waals surface area contributed by atoms with Gasteiger partial charge in [-0.2, -0.15) is 0 Å². The van der Waals surface area contributed by atoms with Crippen LogP contribution in [0.4, 0.5) is 0 Å². The summed E-state index contributed by atoms with van der Waals surface area (Å²) in [4.78, 5) is 6.76. The number of aliphatic imine (C=N–C) groups is 1. The molecule has 2 heterocycles. The first-order valence-corrected chi connectivity index (χ1v) is 8.00. The number of nitrogens with zero attached hydrogens (tertiary/aromatic N) is 2. The van der Waals surface area contributed by atoms with Crippen LogP contribution in [0, 0.1) is 5.41 Å². The first kappa shape index (κ1) is 14.9. The molecule has 0 atom stereocenters. The Morgan fingerprint density at radius 2 is 2.18 bits per heavy atom. The van der Waals surface area contributed by atoms with Gasteiger partial charge in [0, 0.05) is 38.5 Å². The molecule has 1 aromatic carbocycles. The van der Waals surface area contributed by atoms with Gasteiger partial charge in [-0.1, -0.05) is 32.0 Å². The van der Waals surface area contributed by atoms with E-state index in [0.717, 1.165) is 43.4 Å². The molecule has 0 amide bonds. The monoisotopic (exact) mass is 299 g/mol. The molecule has 1 fully saturated rings. The molecule has 1 aliphatic heterocycles. The number of benzene rings is 1. The van der Waals surface area contributed by atoms with E-state index in [0.29, 0.717) is 5.41 Å². The minimum Gasteiger partial charge on any atom is -0.461 e. The van der Waals surface area contributed by atoms with Crippen molar-refractivity contribution >= 4 is 16.9 Å². The van der Waals surface area contributed by atoms with Gasteiger partial charge in [0.15, 0.2) is 5.96 Å². The van der Waals surface area contributed by atoms with Gasteiger partial charge in [-0.05, 0) is 24.0 Å². The smallest absolute Gasteiger partial charge is 0.193 e. The molecule has 1 aliphatic rings. The van der Waals surface area contributed by atoms with Crippen molar-refractivity contribution in [2.45, 2.75) is 26.7 Å². The molecule has 0 radical (unpaired) electrons. The highest BCUT2D eigenvalue weighted by atomic mass is 16.3. The van der Waals surface area contributed by atoms with Crippen molar-refractivity contribution in [2.24, 2.45) is 10.4 Å². The molecule has 0 bridgehead atoms. The number of hydrogen-bond donors (Lipinski definition) is 1. The van der Waals surface area contributed by atoms with Crippen LogP contribution in [0.5, 0.6) is 0 Å². The van der Waals surface area contributed by atoms with Gasteiger partial charge >= 0.3 is 0 Å². The van der Waals surface area contributed by atoms with Crippen LogP contribution < -0.4 is 5.32 Å². The van der Waals surface area contributed by atoms with Gasteiger partial charge in [0.25, 0.3) is 0 Å². The van der Waals surface area contributed by atoms with E-state index < -0.39 is 0 Å². The van der Waals surface area contributed by atoms with Crippen molar-refractivity contribution in [1.82, 2.24) is 10.2 Å². The molecule has 1 saturated heterocycles. The highest BCUT2D eigenvalue weighted by Gasteiger charge is 2.30. The number of nitrogens with one attached hydrogen (secondary N) is 1. The number of hydrogen-bond acceptors (Lipinski definition) is 2. The van der Waals surface area contributed by atoms with Gasteiger partial charge in [0.1, 0.15) is 11.3 Å². The Hall–Kier alpha value is -1.97. The summed E-state index contributed by atoms with van der Waals surface area (Å²) in [6, 6.07) is 10.3. The third-order valence-corrected chi connectivity index (χ3v) is 4.32. The largest absolute Gasteiger partial charge is 0.461 e. The van der Waals surface area contributed by atoms with Crippen LogP contribution in [0.1, 0.15) is 26.0 Å². The molecular weight excluding hydrogens is 274 g/mol. The van der Waals surface area contributed by atoms with Crippen LogP contribution in [-0.2, 0) is 6.42 Å². The predicted octanol–water partition coefficient (Wildman–Crippen LogP) is 3.28. The molecule has 4 heteroatoms. The first-order valence-electron chi connectivity index (χ1n) is 8.00. The summed E-state index contributed by atoms with van der Waals surface area (Å²) < 4.78 is 5.85. The molecule has 0 spiro atoms. The second-order valence-corrected chi connectivity index (χ2v) is 6.81. The van der Waals surface area contributed by atoms with Crippen LogP contribution in [0.15, 0.2) is 39.7 Å². The second-order valence-electron chi connectivity index (χ2n) is 6.81. The summed E-state index contributed by atoms with van der Waals surface area (Å²) in [7, 11) is 1.86. The molecule has 0 aliphatic carbocycles. The molecule has 22 heavy (non-hydrogen) atoms. The number of para-hydroxylation sites is 1. The quantitative estimate of drug-likeness (QED) is 0.698. The Kier molecular flexibility index (Phi) is 4.10. The van der Waals surface area contributed by atoms with E-state index in [9.17, 15) is 0 Å². The van der Waals surface area contributed by atoms with Gasteiger partial charge in [-0.25, -0.2) is 0 Å². The first-order chi connectivity index (χ1) is 10.6. The highest BCUT2D eigenvalue weighted by Crippen LogP contribution is 2.28. The molecule has 0 saturated carbocycles. The third kappa shape index (κ3) is 3.26. The van der Waals surface area contributed by atoms with Crippen LogP contribution in [0.3, 0.4) is 0 Å². The third-order valence-electron chi connectivity index (χ3n) is 4.32. The lowest BCUT2D eigenvalue weighted by atomic mass is 9.93. The van der Waals surface area contributed by atoms with Crippen molar-refractivity contribution in [2.75, 3.05) is 26.7 Å². The van der Waals surface area contributed by atoms with Crippen molar-refractivity contribution in [3.8, 4) is 0 Å². The Bertz CT molecular complexity index is 639. The predicted molar refractivity (Wildman–Crippen MR) is 91.3 cm³/mol. The Balaban J connectivity index is 1.55. The topological polar surface area (TPSA) is 40.8 Å². The van der Waals surface area contributed by atoms with Crippen molar-refractivity contribution in [3.63, 3.8) is 0 Å². The fourth-order valence-electron chi connectivity index (χ4n) is 3.08. The number of guanidine groups is 1. The van der Waals surface area contributed by atoms with Crippen LogP contribution in [0.2, 0.25) is 0 Å². The summed E-state index contributed by atoms with van der Waals surface area (Å²) >= 11 is 0. The summed E-state index contributed by atoms with van der Waals surface area (Å²) in [6.45, 7) is 7.61. The van der Waals surface area contributed by atoms with E-state index in [-0.39, 0.29) is 0 Å². The molecule has 2 aromatic rings. The maximum atomic E-state index is 5.85. The summed E-state index contributed by atoms with van der Waals surface area (Å²) in [5.41, 5.74) is 1.35. The van der Waals surface area contributed by atoms with E-state index in [1.807, 2.05) is 25.2 Å². The summed E-state index contributed by atoms with van der Waals surface area (Å²) in [5, 5.41) is 4.63. The molecular formula is C18H25N3O. The molecule has 4 nitrogen and oxygen atoms in total. The van der Waals surface area contributed by atoms with Gasteiger partial charge in [-0.3, -0.25) is 4.99 Å². The molecule has 1 N–H and O–H groups in total. The summed E-state index contributed by atoms with van der Waals surface area (Å²) in [5.74, 6) is 2.02. The maximum absolute atomic E-state index is 5.85. The summed E-state index contributed by atoms with van der Waals surface area (Å²) in [6.07, 6.45) is 2.09. The van der Waals surface area contributed by atoms with Gasteiger partial charge in [-0.15, -0.1) is 0 Å². The number of furan rings is 1. The molecule has 118 valence electrons. The number of rotatable bonds is 3. The van der Waals surface area contributed by atoms with Crippen molar-refractivity contribution in [3.05, 3.63) is 36.1 Å². The van der Waals surface area contributed by atoms with E-state index >= 15 is 0 Å². The zero-order valence-corrected chi connectivity index (χ0v) is 13.7. The average Bonchev–Trinajstić information content (AvgIpc) is 3.06. The van der Waals surface area contributed by atoms with E-state index in [2.05, 4.69) is 41.2 Å². The van der Waals surface area contributed by atoms with Crippen LogP contribution in [0.25, 0.3) is 11.0 Å². The average molecular weight is 299 g/mol. The Labute approximate surface area is 132 Å². The lowest BCUT2D eigenvalue weighted by Gasteiger charge is -2.23. The standard InChI is InChI=1S/C18H25N3O/c1-18(2)9-11-21(13-18)17(19-3)20-10-8-15-12-14-6-4-5-7-16(14)22-15/h4-7,12H,8-11,13H2,1-3H3,(H,19,20). The fraction of sp³-hybridized carbons (Fsp3) is 0.500. The van der Waals surface area contributed by atoms with Gasteiger partial charge in [0.05, 0.1) is 0 Å². The zero-order valence-electron chi connectivity index (χ0n) is 13.7. The molecule has 0 unspecified atom stereocenters. The second kappa shape index (κ2) is 6.03. The SMILES string of the molecule is CN=C(NCCc1cc2ccccc2o1)N1CCC(C)(C)C1. The minimum absolute atomic E-state index is 0.385.